The molecule has 1 N–H and O–H groups in total. The van der Waals surface area contributed by atoms with Gasteiger partial charge in [-0.05, 0) is 49.5 Å². The fourth-order valence-electron chi connectivity index (χ4n) is 2.10. The van der Waals surface area contributed by atoms with Gasteiger partial charge < -0.3 is 5.21 Å². The number of oxime groups is 1. The van der Waals surface area contributed by atoms with E-state index < -0.39 is 0 Å². The second kappa shape index (κ2) is 5.61. The van der Waals surface area contributed by atoms with Gasteiger partial charge in [-0.1, -0.05) is 0 Å². The molecule has 0 spiro atoms. The van der Waals surface area contributed by atoms with E-state index in [4.69, 9.17) is 5.21 Å². The predicted octanol–water partition coefficient (Wildman–Crippen LogP) is 1.75. The number of aromatic nitrogens is 1. The molecular formula is C12H17N3O. The van der Waals surface area contributed by atoms with Gasteiger partial charge in [-0.3, -0.25) is 9.88 Å². The first kappa shape index (κ1) is 11.1. The van der Waals surface area contributed by atoms with Gasteiger partial charge in [0.1, 0.15) is 0 Å². The molecule has 0 amide bonds. The van der Waals surface area contributed by atoms with E-state index >= 15 is 0 Å². The van der Waals surface area contributed by atoms with Gasteiger partial charge in [0.05, 0.1) is 0 Å². The van der Waals surface area contributed by atoms with Crippen molar-refractivity contribution in [1.29, 1.82) is 0 Å². The smallest absolute Gasteiger partial charge is 0.0467 e. The van der Waals surface area contributed by atoms with E-state index in [9.17, 15) is 0 Å². The molecule has 0 unspecified atom stereocenters. The van der Waals surface area contributed by atoms with E-state index in [0.717, 1.165) is 32.5 Å². The normalized spacial score (nSPS) is 19.2. The van der Waals surface area contributed by atoms with Crippen molar-refractivity contribution in [3.8, 4) is 0 Å². The third kappa shape index (κ3) is 3.03. The van der Waals surface area contributed by atoms with E-state index in [1.54, 1.807) is 6.21 Å². The Labute approximate surface area is 95.6 Å². The monoisotopic (exact) mass is 219 g/mol. The molecule has 4 heteroatoms. The molecule has 0 saturated carbocycles. The van der Waals surface area contributed by atoms with Crippen molar-refractivity contribution in [2.24, 2.45) is 11.1 Å². The third-order valence-corrected chi connectivity index (χ3v) is 3.07. The molecule has 0 aliphatic carbocycles. The molecule has 0 radical (unpaired) electrons. The topological polar surface area (TPSA) is 48.7 Å². The van der Waals surface area contributed by atoms with Crippen molar-refractivity contribution in [3.63, 3.8) is 0 Å². The van der Waals surface area contributed by atoms with Gasteiger partial charge in [-0.15, -0.1) is 5.16 Å². The SMILES string of the molecule is ON=CC1CCN(Cc2ccncc2)CC1. The Morgan fingerprint density at radius 2 is 2.06 bits per heavy atom. The quantitative estimate of drug-likeness (QED) is 0.478. The zero-order valence-corrected chi connectivity index (χ0v) is 9.29. The predicted molar refractivity (Wildman–Crippen MR) is 62.5 cm³/mol. The van der Waals surface area contributed by atoms with Gasteiger partial charge in [0, 0.05) is 25.2 Å². The van der Waals surface area contributed by atoms with Crippen LogP contribution in [0.1, 0.15) is 18.4 Å². The summed E-state index contributed by atoms with van der Waals surface area (Å²) in [7, 11) is 0. The second-order valence-electron chi connectivity index (χ2n) is 4.23. The fourth-order valence-corrected chi connectivity index (χ4v) is 2.10. The largest absolute Gasteiger partial charge is 0.411 e. The average molecular weight is 219 g/mol. The molecule has 2 rings (SSSR count). The molecule has 1 aromatic heterocycles. The highest BCUT2D eigenvalue weighted by atomic mass is 16.4. The third-order valence-electron chi connectivity index (χ3n) is 3.07. The maximum absolute atomic E-state index is 8.47. The van der Waals surface area contributed by atoms with Gasteiger partial charge in [-0.25, -0.2) is 0 Å². The lowest BCUT2D eigenvalue weighted by atomic mass is 9.98. The Morgan fingerprint density at radius 1 is 1.38 bits per heavy atom. The van der Waals surface area contributed by atoms with Crippen LogP contribution < -0.4 is 0 Å². The number of nitrogens with zero attached hydrogens (tertiary/aromatic N) is 3. The minimum absolute atomic E-state index is 0.443. The van der Waals surface area contributed by atoms with Crippen molar-refractivity contribution in [2.75, 3.05) is 13.1 Å². The summed E-state index contributed by atoms with van der Waals surface area (Å²) < 4.78 is 0. The maximum Gasteiger partial charge on any atom is 0.0467 e. The summed E-state index contributed by atoms with van der Waals surface area (Å²) in [5, 5.41) is 11.6. The van der Waals surface area contributed by atoms with Crippen LogP contribution in [-0.4, -0.2) is 34.4 Å². The Hall–Kier alpha value is -1.42. The number of piperidine rings is 1. The fraction of sp³-hybridized carbons (Fsp3) is 0.500. The molecule has 1 fully saturated rings. The maximum atomic E-state index is 8.47. The van der Waals surface area contributed by atoms with E-state index in [0.29, 0.717) is 5.92 Å². The van der Waals surface area contributed by atoms with Crippen LogP contribution in [0.3, 0.4) is 0 Å². The molecule has 0 atom stereocenters. The van der Waals surface area contributed by atoms with Crippen molar-refractivity contribution in [1.82, 2.24) is 9.88 Å². The summed E-state index contributed by atoms with van der Waals surface area (Å²) in [6, 6.07) is 4.11. The van der Waals surface area contributed by atoms with E-state index in [1.807, 2.05) is 12.4 Å². The van der Waals surface area contributed by atoms with Crippen LogP contribution in [0.25, 0.3) is 0 Å². The van der Waals surface area contributed by atoms with Crippen molar-refractivity contribution >= 4 is 6.21 Å². The lowest BCUT2D eigenvalue weighted by Crippen LogP contribution is -2.33. The number of rotatable bonds is 3. The zero-order chi connectivity index (χ0) is 11.2. The second-order valence-corrected chi connectivity index (χ2v) is 4.23. The van der Waals surface area contributed by atoms with Gasteiger partial charge >= 0.3 is 0 Å². The van der Waals surface area contributed by atoms with Crippen molar-refractivity contribution in [2.45, 2.75) is 19.4 Å². The zero-order valence-electron chi connectivity index (χ0n) is 9.29. The molecule has 4 nitrogen and oxygen atoms in total. The van der Waals surface area contributed by atoms with Crippen LogP contribution in [-0.2, 0) is 6.54 Å². The number of hydrogen-bond acceptors (Lipinski definition) is 4. The van der Waals surface area contributed by atoms with E-state index in [2.05, 4.69) is 27.2 Å². The van der Waals surface area contributed by atoms with E-state index in [-0.39, 0.29) is 0 Å². The van der Waals surface area contributed by atoms with Crippen LogP contribution in [0.5, 0.6) is 0 Å². The highest BCUT2D eigenvalue weighted by molar-refractivity contribution is 5.59. The lowest BCUT2D eigenvalue weighted by molar-refractivity contribution is 0.201. The number of pyridine rings is 1. The highest BCUT2D eigenvalue weighted by Crippen LogP contribution is 2.17. The van der Waals surface area contributed by atoms with E-state index in [1.165, 1.54) is 5.56 Å². The van der Waals surface area contributed by atoms with Crippen molar-refractivity contribution in [3.05, 3.63) is 30.1 Å². The molecule has 0 aromatic carbocycles. The molecule has 1 aliphatic heterocycles. The molecule has 2 heterocycles. The minimum atomic E-state index is 0.443. The van der Waals surface area contributed by atoms with Gasteiger partial charge in [0.25, 0.3) is 0 Å². The summed E-state index contributed by atoms with van der Waals surface area (Å²) in [6.07, 6.45) is 7.48. The molecule has 16 heavy (non-hydrogen) atoms. The van der Waals surface area contributed by atoms with Gasteiger partial charge in [-0.2, -0.15) is 0 Å². The molecular weight excluding hydrogens is 202 g/mol. The van der Waals surface area contributed by atoms with Gasteiger partial charge in [0.2, 0.25) is 0 Å². The van der Waals surface area contributed by atoms with Gasteiger partial charge in [0.15, 0.2) is 0 Å². The first-order valence-corrected chi connectivity index (χ1v) is 5.67. The van der Waals surface area contributed by atoms with Crippen molar-refractivity contribution < 1.29 is 5.21 Å². The first-order chi connectivity index (χ1) is 7.88. The molecule has 1 saturated heterocycles. The molecule has 1 aliphatic rings. The van der Waals surface area contributed by atoms with Crippen LogP contribution in [0.4, 0.5) is 0 Å². The molecule has 0 bridgehead atoms. The molecule has 1 aromatic rings. The van der Waals surface area contributed by atoms with Crippen LogP contribution in [0.2, 0.25) is 0 Å². The standard InChI is InChI=1S/C12H17N3O/c16-14-9-11-3-7-15(8-4-11)10-12-1-5-13-6-2-12/h1-2,5-6,9,11,16H,3-4,7-8,10H2. The number of likely N-dealkylation sites (tertiary alicyclic amines) is 1. The Morgan fingerprint density at radius 3 is 2.69 bits per heavy atom. The summed E-state index contributed by atoms with van der Waals surface area (Å²) in [4.78, 5) is 6.44. The Bertz CT molecular complexity index is 331. The minimum Gasteiger partial charge on any atom is -0.411 e. The summed E-state index contributed by atoms with van der Waals surface area (Å²) >= 11 is 0. The van der Waals surface area contributed by atoms with Crippen LogP contribution in [0.15, 0.2) is 29.7 Å². The number of hydrogen-bond donors (Lipinski definition) is 1. The summed E-state index contributed by atoms with van der Waals surface area (Å²) in [5.74, 6) is 0.443. The lowest BCUT2D eigenvalue weighted by Gasteiger charge is -2.29. The van der Waals surface area contributed by atoms with Crippen LogP contribution in [0, 0.1) is 5.92 Å². The average Bonchev–Trinajstić information content (AvgIpc) is 2.33. The Balaban J connectivity index is 1.81. The first-order valence-electron chi connectivity index (χ1n) is 5.67. The van der Waals surface area contributed by atoms with Crippen LogP contribution >= 0.6 is 0 Å². The summed E-state index contributed by atoms with van der Waals surface area (Å²) in [6.45, 7) is 3.13. The molecule has 86 valence electrons. The summed E-state index contributed by atoms with van der Waals surface area (Å²) in [5.41, 5.74) is 1.31. The Kier molecular flexibility index (Phi) is 3.88. The highest BCUT2D eigenvalue weighted by Gasteiger charge is 2.17.